The van der Waals surface area contributed by atoms with Crippen LogP contribution in [-0.2, 0) is 32.3 Å². The van der Waals surface area contributed by atoms with E-state index < -0.39 is 32.9 Å². The largest absolute Gasteiger partial charge is 0.491 e. The standard InChI is InChI=1S/C26H25ClF3N3O6S/c1-37-13-14-38-21-9-7-19(23(16-21)39-25-22(27)15-20(17-31-25)26(28,29)30)8-10-24(34)33-40(35,36)32-12-11-18-5-3-2-4-6-18/h2-10,15-17,32H,11-14H2,1H3,(H,33,34). The number of pyridine rings is 1. The van der Waals surface area contributed by atoms with Gasteiger partial charge in [0.1, 0.15) is 23.1 Å². The van der Waals surface area contributed by atoms with Crippen LogP contribution in [0.3, 0.4) is 0 Å². The van der Waals surface area contributed by atoms with Crippen molar-refractivity contribution >= 4 is 33.8 Å². The average molecular weight is 600 g/mol. The smallest absolute Gasteiger partial charge is 0.417 e. The molecule has 3 aromatic rings. The lowest BCUT2D eigenvalue weighted by molar-refractivity contribution is -0.137. The zero-order valence-electron chi connectivity index (χ0n) is 21.1. The van der Waals surface area contributed by atoms with E-state index in [1.807, 2.05) is 35.1 Å². The van der Waals surface area contributed by atoms with Gasteiger partial charge < -0.3 is 14.2 Å². The van der Waals surface area contributed by atoms with E-state index in [1.54, 1.807) is 6.07 Å². The molecule has 1 heterocycles. The quantitative estimate of drug-likeness (QED) is 0.215. The summed E-state index contributed by atoms with van der Waals surface area (Å²) in [6, 6.07) is 14.3. The highest BCUT2D eigenvalue weighted by molar-refractivity contribution is 7.88. The number of methoxy groups -OCH3 is 1. The van der Waals surface area contributed by atoms with Crippen molar-refractivity contribution in [1.29, 1.82) is 0 Å². The second kappa shape index (κ2) is 14.1. The minimum atomic E-state index is -4.65. The first-order valence-electron chi connectivity index (χ1n) is 11.7. The Bertz CT molecular complexity index is 1440. The molecule has 1 aromatic heterocycles. The number of hydrogen-bond donors (Lipinski definition) is 2. The van der Waals surface area contributed by atoms with Crippen molar-refractivity contribution in [2.75, 3.05) is 26.9 Å². The molecule has 0 radical (unpaired) electrons. The summed E-state index contributed by atoms with van der Waals surface area (Å²) in [4.78, 5) is 16.0. The van der Waals surface area contributed by atoms with E-state index in [0.29, 0.717) is 24.4 Å². The number of benzene rings is 2. The van der Waals surface area contributed by atoms with Gasteiger partial charge in [-0.15, -0.1) is 0 Å². The van der Waals surface area contributed by atoms with Gasteiger partial charge in [-0.05, 0) is 36.3 Å². The van der Waals surface area contributed by atoms with Crippen molar-refractivity contribution < 1.29 is 40.6 Å². The molecule has 0 unspecified atom stereocenters. The molecular weight excluding hydrogens is 575 g/mol. The Kier molecular flexibility index (Phi) is 10.9. The predicted molar refractivity (Wildman–Crippen MR) is 142 cm³/mol. The van der Waals surface area contributed by atoms with Crippen LogP contribution >= 0.6 is 11.6 Å². The molecule has 0 aliphatic heterocycles. The number of nitrogens with one attached hydrogen (secondary N) is 2. The molecule has 0 bridgehead atoms. The summed E-state index contributed by atoms with van der Waals surface area (Å²) in [5.74, 6) is -0.934. The molecule has 0 fully saturated rings. The molecule has 1 amide bonds. The maximum absolute atomic E-state index is 13.0. The van der Waals surface area contributed by atoms with E-state index in [1.165, 1.54) is 25.3 Å². The summed E-state index contributed by atoms with van der Waals surface area (Å²) < 4.78 is 83.6. The van der Waals surface area contributed by atoms with Crippen LogP contribution in [0.2, 0.25) is 5.02 Å². The second-order valence-electron chi connectivity index (χ2n) is 8.08. The molecule has 0 saturated heterocycles. The number of hydrogen-bond acceptors (Lipinski definition) is 7. The average Bonchev–Trinajstić information content (AvgIpc) is 2.89. The lowest BCUT2D eigenvalue weighted by Crippen LogP contribution is -2.40. The van der Waals surface area contributed by atoms with Crippen molar-refractivity contribution in [2.45, 2.75) is 12.6 Å². The van der Waals surface area contributed by atoms with Crippen LogP contribution < -0.4 is 18.9 Å². The van der Waals surface area contributed by atoms with Crippen molar-refractivity contribution in [3.05, 3.63) is 88.6 Å². The third-order valence-corrected chi connectivity index (χ3v) is 6.41. The summed E-state index contributed by atoms with van der Waals surface area (Å²) >= 11 is 5.97. The van der Waals surface area contributed by atoms with Gasteiger partial charge in [0, 0.05) is 37.6 Å². The van der Waals surface area contributed by atoms with Crippen molar-refractivity contribution in [3.8, 4) is 17.4 Å². The van der Waals surface area contributed by atoms with Gasteiger partial charge in [-0.2, -0.15) is 26.3 Å². The molecule has 40 heavy (non-hydrogen) atoms. The lowest BCUT2D eigenvalue weighted by Gasteiger charge is -2.13. The van der Waals surface area contributed by atoms with Crippen LogP contribution in [0.15, 0.2) is 66.9 Å². The Morgan fingerprint density at radius 3 is 2.52 bits per heavy atom. The highest BCUT2D eigenvalue weighted by atomic mass is 35.5. The van der Waals surface area contributed by atoms with Crippen molar-refractivity contribution in [3.63, 3.8) is 0 Å². The maximum Gasteiger partial charge on any atom is 0.417 e. The van der Waals surface area contributed by atoms with E-state index in [4.69, 9.17) is 25.8 Å². The van der Waals surface area contributed by atoms with E-state index in [0.717, 1.165) is 11.6 Å². The molecule has 0 spiro atoms. The number of nitrogens with zero attached hydrogens (tertiary/aromatic N) is 1. The normalized spacial score (nSPS) is 11.9. The third kappa shape index (κ3) is 9.83. The van der Waals surface area contributed by atoms with Crippen molar-refractivity contribution in [2.24, 2.45) is 0 Å². The molecule has 0 saturated carbocycles. The second-order valence-corrected chi connectivity index (χ2v) is 9.99. The highest BCUT2D eigenvalue weighted by Crippen LogP contribution is 2.36. The first-order chi connectivity index (χ1) is 19.0. The molecule has 0 atom stereocenters. The Morgan fingerprint density at radius 1 is 1.10 bits per heavy atom. The van der Waals surface area contributed by atoms with Gasteiger partial charge in [0.15, 0.2) is 0 Å². The van der Waals surface area contributed by atoms with Gasteiger partial charge in [0.25, 0.3) is 5.91 Å². The Labute approximate surface area is 234 Å². The minimum absolute atomic E-state index is 0.0250. The van der Waals surface area contributed by atoms with E-state index in [-0.39, 0.29) is 37.0 Å². The van der Waals surface area contributed by atoms with Crippen LogP contribution in [0.1, 0.15) is 16.7 Å². The zero-order valence-corrected chi connectivity index (χ0v) is 22.6. The Hall–Kier alpha value is -3.65. The molecular formula is C26H25ClF3N3O6S. The van der Waals surface area contributed by atoms with E-state index >= 15 is 0 Å². The van der Waals surface area contributed by atoms with Crippen LogP contribution in [-0.4, -0.2) is 46.2 Å². The van der Waals surface area contributed by atoms with Crippen LogP contribution in [0, 0.1) is 0 Å². The Morgan fingerprint density at radius 2 is 1.85 bits per heavy atom. The SMILES string of the molecule is COCCOc1ccc(C=CC(=O)NS(=O)(=O)NCCc2ccccc2)c(Oc2ncc(C(F)(F)F)cc2Cl)c1. The summed E-state index contributed by atoms with van der Waals surface area (Å²) in [7, 11) is -2.64. The topological polar surface area (TPSA) is 116 Å². The molecule has 3 rings (SSSR count). The number of aromatic nitrogens is 1. The molecule has 2 N–H and O–H groups in total. The Balaban J connectivity index is 1.74. The molecule has 9 nitrogen and oxygen atoms in total. The van der Waals surface area contributed by atoms with Crippen LogP contribution in [0.4, 0.5) is 13.2 Å². The number of carbonyl (C=O) groups excluding carboxylic acids is 1. The number of carbonyl (C=O) groups is 1. The predicted octanol–water partition coefficient (Wildman–Crippen LogP) is 4.78. The van der Waals surface area contributed by atoms with Gasteiger partial charge >= 0.3 is 16.4 Å². The number of amides is 1. The first-order valence-corrected chi connectivity index (χ1v) is 13.5. The molecule has 14 heteroatoms. The maximum atomic E-state index is 13.0. The zero-order chi connectivity index (χ0) is 29.2. The van der Waals surface area contributed by atoms with Crippen LogP contribution in [0.25, 0.3) is 6.08 Å². The molecule has 0 aliphatic carbocycles. The summed E-state index contributed by atoms with van der Waals surface area (Å²) in [6.45, 7) is 0.555. The number of ether oxygens (including phenoxy) is 3. The molecule has 0 aliphatic rings. The fraction of sp³-hybridized carbons (Fsp3) is 0.231. The van der Waals surface area contributed by atoms with Gasteiger partial charge in [-0.1, -0.05) is 41.9 Å². The van der Waals surface area contributed by atoms with Gasteiger partial charge in [-0.3, -0.25) is 4.79 Å². The van der Waals surface area contributed by atoms with Gasteiger partial charge in [0.05, 0.1) is 12.2 Å². The van der Waals surface area contributed by atoms with E-state index in [9.17, 15) is 26.4 Å². The first kappa shape index (κ1) is 30.9. The van der Waals surface area contributed by atoms with Gasteiger partial charge in [-0.25, -0.2) is 9.71 Å². The fourth-order valence-electron chi connectivity index (χ4n) is 3.18. The van der Waals surface area contributed by atoms with Crippen LogP contribution in [0.5, 0.6) is 17.4 Å². The highest BCUT2D eigenvalue weighted by Gasteiger charge is 2.32. The number of alkyl halides is 3. The number of rotatable bonds is 13. The minimum Gasteiger partial charge on any atom is -0.491 e. The summed E-state index contributed by atoms with van der Waals surface area (Å²) in [5, 5.41) is -0.402. The summed E-state index contributed by atoms with van der Waals surface area (Å²) in [6.07, 6.45) is -1.46. The molecule has 214 valence electrons. The van der Waals surface area contributed by atoms with Gasteiger partial charge in [0.2, 0.25) is 5.88 Å². The monoisotopic (exact) mass is 599 g/mol. The third-order valence-electron chi connectivity index (χ3n) is 5.08. The number of halogens is 4. The lowest BCUT2D eigenvalue weighted by atomic mass is 10.1. The summed E-state index contributed by atoms with van der Waals surface area (Å²) in [5.41, 5.74) is 0.111. The van der Waals surface area contributed by atoms with E-state index in [2.05, 4.69) is 9.71 Å². The van der Waals surface area contributed by atoms with Crippen molar-refractivity contribution in [1.82, 2.24) is 14.4 Å². The molecule has 2 aromatic carbocycles. The fourth-order valence-corrected chi connectivity index (χ4v) is 4.16.